The van der Waals surface area contributed by atoms with Crippen LogP contribution < -0.4 is 0 Å². The maximum absolute atomic E-state index is 13.2. The van der Waals surface area contributed by atoms with Gasteiger partial charge in [0.25, 0.3) is 5.91 Å². The number of rotatable bonds is 2. The maximum Gasteiger partial charge on any atom is 0.270 e. The SMILES string of the molecule is Cc1ccc2[nH]c(C(=O)N3CC(C)(C)C3c3nccn3C)cc2c1C. The van der Waals surface area contributed by atoms with Crippen molar-refractivity contribution in [3.8, 4) is 0 Å². The van der Waals surface area contributed by atoms with Crippen LogP contribution in [0, 0.1) is 19.3 Å². The van der Waals surface area contributed by atoms with Crippen molar-refractivity contribution in [1.82, 2.24) is 19.4 Å². The minimum atomic E-state index is -0.00533. The Balaban J connectivity index is 1.71. The van der Waals surface area contributed by atoms with Gasteiger partial charge in [0.15, 0.2) is 0 Å². The van der Waals surface area contributed by atoms with E-state index in [2.05, 4.69) is 43.7 Å². The van der Waals surface area contributed by atoms with Gasteiger partial charge in [-0.05, 0) is 37.1 Å². The molecule has 25 heavy (non-hydrogen) atoms. The van der Waals surface area contributed by atoms with Gasteiger partial charge in [-0.3, -0.25) is 4.79 Å². The monoisotopic (exact) mass is 336 g/mol. The lowest BCUT2D eigenvalue weighted by Crippen LogP contribution is -2.58. The summed E-state index contributed by atoms with van der Waals surface area (Å²) in [7, 11) is 1.98. The first-order chi connectivity index (χ1) is 11.8. The third-order valence-electron chi connectivity index (χ3n) is 5.57. The van der Waals surface area contributed by atoms with E-state index in [1.54, 1.807) is 6.20 Å². The summed E-state index contributed by atoms with van der Waals surface area (Å²) in [5.74, 6) is 0.980. The van der Waals surface area contributed by atoms with Gasteiger partial charge in [-0.25, -0.2) is 4.98 Å². The molecule has 5 heteroatoms. The number of benzene rings is 1. The topological polar surface area (TPSA) is 53.9 Å². The number of H-pyrrole nitrogens is 1. The minimum absolute atomic E-state index is 0.00533. The molecule has 0 radical (unpaired) electrons. The van der Waals surface area contributed by atoms with Crippen molar-refractivity contribution in [3.05, 3.63) is 53.2 Å². The van der Waals surface area contributed by atoms with E-state index in [1.165, 1.54) is 11.1 Å². The number of imidazole rings is 1. The van der Waals surface area contributed by atoms with Crippen molar-refractivity contribution in [1.29, 1.82) is 0 Å². The smallest absolute Gasteiger partial charge is 0.270 e. The number of nitrogens with one attached hydrogen (secondary N) is 1. The highest BCUT2D eigenvalue weighted by Gasteiger charge is 2.51. The first-order valence-electron chi connectivity index (χ1n) is 8.67. The molecule has 0 aliphatic carbocycles. The Morgan fingerprint density at radius 1 is 1.32 bits per heavy atom. The molecule has 1 aromatic carbocycles. The second kappa shape index (κ2) is 5.22. The number of fused-ring (bicyclic) bond motifs is 1. The van der Waals surface area contributed by atoms with Gasteiger partial charge in [0.05, 0.1) is 6.04 Å². The fourth-order valence-corrected chi connectivity index (χ4v) is 3.97. The van der Waals surface area contributed by atoms with Crippen LogP contribution >= 0.6 is 0 Å². The number of aromatic amines is 1. The normalized spacial score (nSPS) is 19.2. The average molecular weight is 336 g/mol. The zero-order valence-electron chi connectivity index (χ0n) is 15.4. The summed E-state index contributed by atoms with van der Waals surface area (Å²) in [6, 6.07) is 6.12. The van der Waals surface area contributed by atoms with Gasteiger partial charge in [-0.15, -0.1) is 0 Å². The lowest BCUT2D eigenvalue weighted by Gasteiger charge is -2.53. The molecule has 1 aliphatic heterocycles. The van der Waals surface area contributed by atoms with Crippen LogP contribution in [0.2, 0.25) is 0 Å². The third-order valence-corrected chi connectivity index (χ3v) is 5.57. The Morgan fingerprint density at radius 2 is 2.08 bits per heavy atom. The van der Waals surface area contributed by atoms with E-state index >= 15 is 0 Å². The summed E-state index contributed by atoms with van der Waals surface area (Å²) in [5, 5.41) is 1.12. The zero-order chi connectivity index (χ0) is 17.9. The lowest BCUT2D eigenvalue weighted by atomic mass is 9.74. The Kier molecular flexibility index (Phi) is 3.33. The predicted octanol–water partition coefficient (Wildman–Crippen LogP) is 3.74. The van der Waals surface area contributed by atoms with Gasteiger partial charge < -0.3 is 14.5 Å². The largest absolute Gasteiger partial charge is 0.351 e. The standard InChI is InChI=1S/C20H24N4O/c1-12-6-7-15-14(13(12)2)10-16(22-15)19(25)24-11-20(3,4)17(24)18-21-8-9-23(18)5/h6-10,17,22H,11H2,1-5H3. The van der Waals surface area contributed by atoms with Crippen molar-refractivity contribution in [2.45, 2.75) is 33.7 Å². The molecule has 0 bridgehead atoms. The first-order valence-corrected chi connectivity index (χ1v) is 8.67. The molecule has 130 valence electrons. The highest BCUT2D eigenvalue weighted by Crippen LogP contribution is 2.48. The van der Waals surface area contributed by atoms with E-state index in [9.17, 15) is 4.79 Å². The van der Waals surface area contributed by atoms with Crippen LogP contribution in [-0.4, -0.2) is 31.9 Å². The van der Waals surface area contributed by atoms with Crippen LogP contribution in [0.3, 0.4) is 0 Å². The number of hydrogen-bond donors (Lipinski definition) is 1. The molecule has 1 amide bonds. The van der Waals surface area contributed by atoms with Gasteiger partial charge in [0, 0.05) is 42.3 Å². The predicted molar refractivity (Wildman–Crippen MR) is 98.5 cm³/mol. The van der Waals surface area contributed by atoms with Crippen LogP contribution in [0.1, 0.15) is 47.3 Å². The summed E-state index contributed by atoms with van der Waals surface area (Å²) < 4.78 is 2.00. The highest BCUT2D eigenvalue weighted by atomic mass is 16.2. The van der Waals surface area contributed by atoms with Crippen molar-refractivity contribution in [2.75, 3.05) is 6.54 Å². The molecule has 1 fully saturated rings. The molecular weight excluding hydrogens is 312 g/mol. The Bertz CT molecular complexity index is 979. The number of likely N-dealkylation sites (tertiary alicyclic amines) is 1. The molecule has 1 saturated heterocycles. The average Bonchev–Trinajstić information content (AvgIpc) is 3.16. The van der Waals surface area contributed by atoms with Gasteiger partial charge in [-0.1, -0.05) is 19.9 Å². The number of carbonyl (C=O) groups excluding carboxylic acids is 1. The number of carbonyl (C=O) groups is 1. The van der Waals surface area contributed by atoms with Gasteiger partial charge in [-0.2, -0.15) is 0 Å². The molecule has 2 aromatic heterocycles. The molecule has 1 aliphatic rings. The fraction of sp³-hybridized carbons (Fsp3) is 0.400. The molecule has 4 rings (SSSR count). The summed E-state index contributed by atoms with van der Waals surface area (Å²) in [5.41, 5.74) is 4.14. The van der Waals surface area contributed by atoms with Crippen LogP contribution in [-0.2, 0) is 7.05 Å². The molecule has 5 nitrogen and oxygen atoms in total. The quantitative estimate of drug-likeness (QED) is 0.775. The maximum atomic E-state index is 13.2. The molecule has 1 atom stereocenters. The van der Waals surface area contributed by atoms with Crippen LogP contribution in [0.15, 0.2) is 30.6 Å². The van der Waals surface area contributed by atoms with Crippen molar-refractivity contribution in [3.63, 3.8) is 0 Å². The molecule has 0 saturated carbocycles. The molecular formula is C20H24N4O. The van der Waals surface area contributed by atoms with E-state index < -0.39 is 0 Å². The van der Waals surface area contributed by atoms with E-state index in [1.807, 2.05) is 34.8 Å². The molecule has 0 spiro atoms. The van der Waals surface area contributed by atoms with Gasteiger partial charge >= 0.3 is 0 Å². The molecule has 1 N–H and O–H groups in total. The lowest BCUT2D eigenvalue weighted by molar-refractivity contribution is -0.0378. The van der Waals surface area contributed by atoms with Crippen LogP contribution in [0.25, 0.3) is 10.9 Å². The second-order valence-corrected chi connectivity index (χ2v) is 7.87. The zero-order valence-corrected chi connectivity index (χ0v) is 15.4. The number of amides is 1. The minimum Gasteiger partial charge on any atom is -0.351 e. The molecule has 3 aromatic rings. The molecule has 1 unspecified atom stereocenters. The number of aromatic nitrogens is 3. The fourth-order valence-electron chi connectivity index (χ4n) is 3.97. The third kappa shape index (κ3) is 2.29. The number of hydrogen-bond acceptors (Lipinski definition) is 2. The van der Waals surface area contributed by atoms with Gasteiger partial charge in [0.1, 0.15) is 11.5 Å². The number of nitrogens with zero attached hydrogens (tertiary/aromatic N) is 3. The van der Waals surface area contributed by atoms with E-state index in [-0.39, 0.29) is 17.4 Å². The Labute approximate surface area is 147 Å². The van der Waals surface area contributed by atoms with Crippen LogP contribution in [0.5, 0.6) is 0 Å². The summed E-state index contributed by atoms with van der Waals surface area (Å²) in [4.78, 5) is 22.9. The van der Waals surface area contributed by atoms with E-state index in [0.717, 1.165) is 23.3 Å². The number of aryl methyl sites for hydroxylation is 3. The summed E-state index contributed by atoms with van der Waals surface area (Å²) in [6.07, 6.45) is 3.73. The van der Waals surface area contributed by atoms with E-state index in [4.69, 9.17) is 0 Å². The van der Waals surface area contributed by atoms with Crippen molar-refractivity contribution < 1.29 is 4.79 Å². The Morgan fingerprint density at radius 3 is 2.72 bits per heavy atom. The van der Waals surface area contributed by atoms with Crippen LogP contribution in [0.4, 0.5) is 0 Å². The summed E-state index contributed by atoms with van der Waals surface area (Å²) >= 11 is 0. The summed E-state index contributed by atoms with van der Waals surface area (Å²) in [6.45, 7) is 9.31. The van der Waals surface area contributed by atoms with E-state index in [0.29, 0.717) is 5.69 Å². The first kappa shape index (κ1) is 15.9. The van der Waals surface area contributed by atoms with Crippen molar-refractivity contribution >= 4 is 16.8 Å². The molecule has 3 heterocycles. The second-order valence-electron chi connectivity index (χ2n) is 7.87. The Hall–Kier alpha value is -2.56. The highest BCUT2D eigenvalue weighted by molar-refractivity contribution is 5.99. The van der Waals surface area contributed by atoms with Crippen molar-refractivity contribution in [2.24, 2.45) is 12.5 Å². The van der Waals surface area contributed by atoms with Gasteiger partial charge in [0.2, 0.25) is 0 Å².